The molecule has 3 N–H and O–H groups in total. The van der Waals surface area contributed by atoms with Crippen LogP contribution in [0.5, 0.6) is 5.75 Å². The number of benzene rings is 1. The summed E-state index contributed by atoms with van der Waals surface area (Å²) < 4.78 is 5.40. The van der Waals surface area contributed by atoms with Gasteiger partial charge in [0.1, 0.15) is 18.4 Å². The molecule has 0 aliphatic carbocycles. The van der Waals surface area contributed by atoms with Crippen LogP contribution in [0.15, 0.2) is 36.4 Å². The maximum Gasteiger partial charge on any atom is 0.394 e. The third-order valence-electron chi connectivity index (χ3n) is 2.74. The van der Waals surface area contributed by atoms with Gasteiger partial charge in [-0.05, 0) is 24.6 Å². The van der Waals surface area contributed by atoms with E-state index in [0.717, 1.165) is 0 Å². The van der Waals surface area contributed by atoms with Crippen LogP contribution in [-0.4, -0.2) is 40.7 Å². The Morgan fingerprint density at radius 2 is 1.86 bits per heavy atom. The SMILES string of the molecule is C/C=C/COc1ccc(C[C@@H](NC(=O)C(=O)O)C(=O)O)cc1. The quantitative estimate of drug-likeness (QED) is 0.508. The lowest BCUT2D eigenvalue weighted by molar-refractivity contribution is -0.152. The summed E-state index contributed by atoms with van der Waals surface area (Å²) in [7, 11) is 0. The van der Waals surface area contributed by atoms with E-state index in [0.29, 0.717) is 17.9 Å². The summed E-state index contributed by atoms with van der Waals surface area (Å²) in [4.78, 5) is 32.6. The summed E-state index contributed by atoms with van der Waals surface area (Å²) in [5.74, 6) is -3.75. The monoisotopic (exact) mass is 307 g/mol. The maximum atomic E-state index is 11.1. The number of carbonyl (C=O) groups excluding carboxylic acids is 1. The number of allylic oxidation sites excluding steroid dienone is 1. The predicted molar refractivity (Wildman–Crippen MR) is 77.7 cm³/mol. The molecule has 0 aromatic heterocycles. The summed E-state index contributed by atoms with van der Waals surface area (Å²) in [5, 5.41) is 19.5. The first-order valence-electron chi connectivity index (χ1n) is 6.53. The lowest BCUT2D eigenvalue weighted by Crippen LogP contribution is -2.45. The summed E-state index contributed by atoms with van der Waals surface area (Å²) in [5.41, 5.74) is 0.636. The van der Waals surface area contributed by atoms with Gasteiger partial charge in [-0.1, -0.05) is 24.3 Å². The van der Waals surface area contributed by atoms with Crippen LogP contribution < -0.4 is 10.1 Å². The fourth-order valence-electron chi connectivity index (χ4n) is 1.62. The first kappa shape index (κ1) is 17.2. The molecule has 118 valence electrons. The number of rotatable bonds is 7. The summed E-state index contributed by atoms with van der Waals surface area (Å²) >= 11 is 0. The fraction of sp³-hybridized carbons (Fsp3) is 0.267. The zero-order chi connectivity index (χ0) is 16.5. The zero-order valence-electron chi connectivity index (χ0n) is 12.0. The Kier molecular flexibility index (Phi) is 6.62. The molecule has 1 atom stereocenters. The van der Waals surface area contributed by atoms with Crippen LogP contribution >= 0.6 is 0 Å². The molecular formula is C15H17NO6. The fourth-order valence-corrected chi connectivity index (χ4v) is 1.62. The topological polar surface area (TPSA) is 113 Å². The minimum atomic E-state index is -1.72. The summed E-state index contributed by atoms with van der Waals surface area (Å²) in [6.45, 7) is 2.31. The van der Waals surface area contributed by atoms with Gasteiger partial charge in [-0.3, -0.25) is 4.79 Å². The number of amides is 1. The molecular weight excluding hydrogens is 290 g/mol. The van der Waals surface area contributed by atoms with Gasteiger partial charge < -0.3 is 20.3 Å². The van der Waals surface area contributed by atoms with Crippen LogP contribution in [-0.2, 0) is 20.8 Å². The molecule has 1 amide bonds. The molecule has 0 radical (unpaired) electrons. The van der Waals surface area contributed by atoms with E-state index in [1.54, 1.807) is 24.3 Å². The smallest absolute Gasteiger partial charge is 0.394 e. The second-order valence-corrected chi connectivity index (χ2v) is 4.40. The highest BCUT2D eigenvalue weighted by Crippen LogP contribution is 2.13. The first-order valence-corrected chi connectivity index (χ1v) is 6.53. The van der Waals surface area contributed by atoms with Crippen molar-refractivity contribution < 1.29 is 29.3 Å². The van der Waals surface area contributed by atoms with Gasteiger partial charge in [-0.2, -0.15) is 0 Å². The number of hydrogen-bond acceptors (Lipinski definition) is 4. The molecule has 1 aromatic carbocycles. The molecule has 7 nitrogen and oxygen atoms in total. The van der Waals surface area contributed by atoms with Gasteiger partial charge >= 0.3 is 17.8 Å². The molecule has 0 saturated carbocycles. The van der Waals surface area contributed by atoms with Crippen molar-refractivity contribution in [1.29, 1.82) is 0 Å². The Morgan fingerprint density at radius 3 is 2.36 bits per heavy atom. The van der Waals surface area contributed by atoms with Crippen molar-refractivity contribution in [2.24, 2.45) is 0 Å². The number of aliphatic carboxylic acids is 2. The Balaban J connectivity index is 2.67. The van der Waals surface area contributed by atoms with Gasteiger partial charge in [-0.15, -0.1) is 0 Å². The number of hydrogen-bond donors (Lipinski definition) is 3. The Bertz CT molecular complexity index is 564. The van der Waals surface area contributed by atoms with E-state index in [1.807, 2.05) is 24.4 Å². The summed E-state index contributed by atoms with van der Waals surface area (Å²) in [6, 6.07) is 5.37. The highest BCUT2D eigenvalue weighted by Gasteiger charge is 2.23. The molecule has 0 aliphatic rings. The van der Waals surface area contributed by atoms with E-state index >= 15 is 0 Å². The molecule has 0 fully saturated rings. The van der Waals surface area contributed by atoms with E-state index in [2.05, 4.69) is 0 Å². The van der Waals surface area contributed by atoms with Crippen LogP contribution in [0, 0.1) is 0 Å². The molecule has 0 spiro atoms. The minimum absolute atomic E-state index is 0.0243. The van der Waals surface area contributed by atoms with Crippen molar-refractivity contribution in [2.75, 3.05) is 6.61 Å². The largest absolute Gasteiger partial charge is 0.490 e. The molecule has 1 aromatic rings. The number of ether oxygens (including phenoxy) is 1. The second-order valence-electron chi connectivity index (χ2n) is 4.40. The van der Waals surface area contributed by atoms with E-state index in [-0.39, 0.29) is 6.42 Å². The average Bonchev–Trinajstić information content (AvgIpc) is 2.48. The molecule has 0 saturated heterocycles. The average molecular weight is 307 g/mol. The lowest BCUT2D eigenvalue weighted by atomic mass is 10.1. The van der Waals surface area contributed by atoms with Crippen molar-refractivity contribution in [3.63, 3.8) is 0 Å². The van der Waals surface area contributed by atoms with Crippen LogP contribution in [0.3, 0.4) is 0 Å². The number of carboxylic acid groups (broad SMARTS) is 2. The van der Waals surface area contributed by atoms with Crippen LogP contribution in [0.1, 0.15) is 12.5 Å². The number of carbonyl (C=O) groups is 3. The van der Waals surface area contributed by atoms with Gasteiger partial charge in [-0.25, -0.2) is 9.59 Å². The lowest BCUT2D eigenvalue weighted by Gasteiger charge is -2.13. The van der Waals surface area contributed by atoms with Gasteiger partial charge in [0.25, 0.3) is 0 Å². The third-order valence-corrected chi connectivity index (χ3v) is 2.74. The zero-order valence-corrected chi connectivity index (χ0v) is 12.0. The van der Waals surface area contributed by atoms with Gasteiger partial charge in [0.05, 0.1) is 0 Å². The molecule has 1 rings (SSSR count). The van der Waals surface area contributed by atoms with Gasteiger partial charge in [0, 0.05) is 6.42 Å². The third kappa shape index (κ3) is 5.66. The van der Waals surface area contributed by atoms with E-state index in [9.17, 15) is 14.4 Å². The van der Waals surface area contributed by atoms with Crippen LogP contribution in [0.4, 0.5) is 0 Å². The molecule has 0 heterocycles. The number of carboxylic acids is 2. The van der Waals surface area contributed by atoms with Crippen molar-refractivity contribution in [3.8, 4) is 5.75 Å². The molecule has 22 heavy (non-hydrogen) atoms. The minimum Gasteiger partial charge on any atom is -0.490 e. The van der Waals surface area contributed by atoms with Crippen LogP contribution in [0.2, 0.25) is 0 Å². The molecule has 0 unspecified atom stereocenters. The van der Waals surface area contributed by atoms with Crippen molar-refractivity contribution in [3.05, 3.63) is 42.0 Å². The molecule has 0 aliphatic heterocycles. The highest BCUT2D eigenvalue weighted by atomic mass is 16.5. The Morgan fingerprint density at radius 1 is 1.23 bits per heavy atom. The van der Waals surface area contributed by atoms with Crippen molar-refractivity contribution in [1.82, 2.24) is 5.32 Å². The Labute approximate surface area is 127 Å². The standard InChI is InChI=1S/C15H17NO6/c1-2-3-8-22-11-6-4-10(5-7-11)9-12(14(18)19)16-13(17)15(20)21/h2-7,12H,8-9H2,1H3,(H,16,17)(H,18,19)(H,20,21)/b3-2+/t12-/m1/s1. The predicted octanol–water partition coefficient (Wildman–Crippen LogP) is 0.838. The van der Waals surface area contributed by atoms with E-state index in [4.69, 9.17) is 14.9 Å². The Hall–Kier alpha value is -2.83. The molecule has 0 bridgehead atoms. The highest BCUT2D eigenvalue weighted by molar-refractivity contribution is 6.31. The van der Waals surface area contributed by atoms with Gasteiger partial charge in [0.2, 0.25) is 0 Å². The first-order chi connectivity index (χ1) is 10.4. The van der Waals surface area contributed by atoms with E-state index < -0.39 is 23.9 Å². The van der Waals surface area contributed by atoms with E-state index in [1.165, 1.54) is 0 Å². The van der Waals surface area contributed by atoms with Gasteiger partial charge in [0.15, 0.2) is 0 Å². The molecule has 7 heteroatoms. The normalized spacial score (nSPS) is 11.9. The van der Waals surface area contributed by atoms with Crippen molar-refractivity contribution in [2.45, 2.75) is 19.4 Å². The maximum absolute atomic E-state index is 11.1. The summed E-state index contributed by atoms with van der Waals surface area (Å²) in [6.07, 6.45) is 3.68. The van der Waals surface area contributed by atoms with Crippen molar-refractivity contribution >= 4 is 17.8 Å². The second kappa shape index (κ2) is 8.46. The number of nitrogens with one attached hydrogen (secondary N) is 1. The van der Waals surface area contributed by atoms with Crippen LogP contribution in [0.25, 0.3) is 0 Å².